The Hall–Kier alpha value is -5.81. The molecule has 1 aliphatic carbocycles. The third kappa shape index (κ3) is 8.40. The van der Waals surface area contributed by atoms with Crippen LogP contribution in [0.15, 0.2) is 47.4 Å². The highest BCUT2D eigenvalue weighted by Crippen LogP contribution is 2.48. The van der Waals surface area contributed by atoms with E-state index < -0.39 is 17.8 Å². The van der Waals surface area contributed by atoms with Gasteiger partial charge in [0, 0.05) is 74.3 Å². The van der Waals surface area contributed by atoms with Gasteiger partial charge in [-0.1, -0.05) is 11.6 Å². The normalized spacial score (nSPS) is 20.3. The molecule has 18 heteroatoms. The van der Waals surface area contributed by atoms with Crippen LogP contribution in [-0.4, -0.2) is 101 Å². The van der Waals surface area contributed by atoms with E-state index in [1.54, 1.807) is 22.9 Å². The quantitative estimate of drug-likeness (QED) is 0.167. The van der Waals surface area contributed by atoms with Crippen LogP contribution in [0.5, 0.6) is 5.75 Å². The topological polar surface area (TPSA) is 180 Å². The van der Waals surface area contributed by atoms with Crippen LogP contribution < -0.4 is 36.0 Å². The second kappa shape index (κ2) is 17.1. The van der Waals surface area contributed by atoms with Gasteiger partial charge >= 0.3 is 0 Å². The molecule has 5 aliphatic rings. The Bertz CT molecular complexity index is 2550. The number of likely N-dealkylation sites (N-methyl/N-ethyl adjacent to an activating group) is 1. The van der Waals surface area contributed by atoms with Gasteiger partial charge in [-0.15, -0.1) is 0 Å². The molecular weight excluding hydrogens is 833 g/mol. The van der Waals surface area contributed by atoms with Crippen molar-refractivity contribution in [1.82, 2.24) is 30.1 Å². The number of pyridine rings is 1. The number of aromatic nitrogens is 3. The van der Waals surface area contributed by atoms with Crippen LogP contribution in [-0.2, 0) is 25.7 Å². The molecule has 2 aromatic carbocycles. The van der Waals surface area contributed by atoms with Crippen molar-refractivity contribution in [2.24, 2.45) is 5.41 Å². The van der Waals surface area contributed by atoms with E-state index in [0.29, 0.717) is 33.7 Å². The summed E-state index contributed by atoms with van der Waals surface area (Å²) in [6.45, 7) is 6.71. The number of piperidine rings is 2. The van der Waals surface area contributed by atoms with Crippen LogP contribution in [0, 0.1) is 11.2 Å². The molecule has 1 saturated carbocycles. The van der Waals surface area contributed by atoms with Crippen molar-refractivity contribution in [1.29, 1.82) is 0 Å². The summed E-state index contributed by atoms with van der Waals surface area (Å²) in [5, 5.41) is 9.23. The number of hydrogen-bond donors (Lipinski definition) is 3. The first-order valence-corrected chi connectivity index (χ1v) is 22.1. The maximum atomic E-state index is 15.5. The fraction of sp³-hybridized carbons (Fsp3) is 0.489. The number of amides is 4. The predicted octanol–water partition coefficient (Wildman–Crippen LogP) is 5.23. The lowest BCUT2D eigenvalue weighted by molar-refractivity contribution is -0.137. The maximum absolute atomic E-state index is 15.5. The van der Waals surface area contributed by atoms with Gasteiger partial charge in [-0.25, -0.2) is 9.37 Å². The van der Waals surface area contributed by atoms with E-state index in [9.17, 15) is 24.0 Å². The highest BCUT2D eigenvalue weighted by Gasteiger charge is 2.47. The third-order valence-electron chi connectivity index (χ3n) is 13.2. The van der Waals surface area contributed by atoms with Crippen molar-refractivity contribution in [3.63, 3.8) is 0 Å². The number of hydrogen-bond acceptors (Lipinski definition) is 12. The standard InChI is InChI=1S/C45H51ClFN9O7/c1-25(2)56-34-5-4-28(16-26(34)18-37(43(56)61)62-22-39(58)48-3)50-40-32(46)20-49-44(52-40)53-14-10-30(11-15-53)63-29-8-12-45(13-9-29)23-54(24-45)36-17-27-21-55(42(60)31(27)19-33(36)47)35-6-7-38(57)51-41(35)59/h4-5,16-20,25,29-30,35H,6-15,21-24H2,1-3H3,(H,48,58)(H,49,50,52)(H,51,57,59). The highest BCUT2D eigenvalue weighted by molar-refractivity contribution is 6.33. The summed E-state index contributed by atoms with van der Waals surface area (Å²) in [5.41, 5.74) is 2.69. The van der Waals surface area contributed by atoms with Gasteiger partial charge in [0.25, 0.3) is 17.4 Å². The van der Waals surface area contributed by atoms with Gasteiger partial charge < -0.3 is 39.4 Å². The number of imide groups is 1. The van der Waals surface area contributed by atoms with Crippen molar-refractivity contribution < 1.29 is 33.0 Å². The molecule has 6 heterocycles. The summed E-state index contributed by atoms with van der Waals surface area (Å²) in [6, 6.07) is 9.43. The van der Waals surface area contributed by atoms with E-state index in [0.717, 1.165) is 75.6 Å². The molecule has 4 aliphatic heterocycles. The lowest BCUT2D eigenvalue weighted by Crippen LogP contribution is -2.58. The molecule has 9 rings (SSSR count). The van der Waals surface area contributed by atoms with Gasteiger partial charge in [0.15, 0.2) is 18.2 Å². The van der Waals surface area contributed by atoms with Gasteiger partial charge in [0.2, 0.25) is 17.8 Å². The molecule has 3 N–H and O–H groups in total. The number of anilines is 4. The minimum atomic E-state index is -0.736. The largest absolute Gasteiger partial charge is 0.478 e. The number of carbonyl (C=O) groups excluding carboxylic acids is 4. The molecule has 2 aromatic heterocycles. The van der Waals surface area contributed by atoms with Gasteiger partial charge in [-0.05, 0) is 101 Å². The third-order valence-corrected chi connectivity index (χ3v) is 13.5. The van der Waals surface area contributed by atoms with Crippen LogP contribution in [0.4, 0.5) is 27.5 Å². The number of halogens is 2. The SMILES string of the molecule is CNC(=O)COc1cc2cc(Nc3nc(N4CCC(OC5CCC6(CC5)CN(c5cc7c(cc5F)C(=O)N(C5CCC(=O)NC5=O)C7)C6)CC4)ncc3Cl)ccc2n(C(C)C)c1=O. The average Bonchev–Trinajstić information content (AvgIpc) is 3.56. The number of nitrogens with one attached hydrogen (secondary N) is 3. The van der Waals surface area contributed by atoms with Crippen molar-refractivity contribution in [3.05, 3.63) is 74.9 Å². The van der Waals surface area contributed by atoms with E-state index in [4.69, 9.17) is 26.1 Å². The number of benzene rings is 2. The van der Waals surface area contributed by atoms with Gasteiger partial charge in [0.1, 0.15) is 16.9 Å². The number of carbonyl (C=O) groups is 4. The van der Waals surface area contributed by atoms with Gasteiger partial charge in [-0.2, -0.15) is 4.98 Å². The second-order valence-electron chi connectivity index (χ2n) is 17.7. The molecule has 0 bridgehead atoms. The van der Waals surface area contributed by atoms with Crippen LogP contribution in [0.3, 0.4) is 0 Å². The van der Waals surface area contributed by atoms with Crippen LogP contribution >= 0.6 is 11.6 Å². The number of nitrogens with zero attached hydrogens (tertiary/aromatic N) is 6. The fourth-order valence-electron chi connectivity index (χ4n) is 9.84. The molecule has 1 atom stereocenters. The Morgan fingerprint density at radius 1 is 1.00 bits per heavy atom. The molecule has 63 heavy (non-hydrogen) atoms. The highest BCUT2D eigenvalue weighted by atomic mass is 35.5. The Balaban J connectivity index is 0.766. The molecule has 332 valence electrons. The predicted molar refractivity (Wildman–Crippen MR) is 234 cm³/mol. The summed E-state index contributed by atoms with van der Waals surface area (Å²) in [6.07, 6.45) is 7.86. The number of ether oxygens (including phenoxy) is 2. The zero-order valence-corrected chi connectivity index (χ0v) is 36.3. The average molecular weight is 884 g/mol. The van der Waals surface area contributed by atoms with Gasteiger partial charge in [-0.3, -0.25) is 29.3 Å². The molecule has 1 unspecified atom stereocenters. The lowest BCUT2D eigenvalue weighted by Gasteiger charge is -2.54. The first-order chi connectivity index (χ1) is 30.3. The van der Waals surface area contributed by atoms with E-state index >= 15 is 4.39 Å². The molecule has 4 aromatic rings. The van der Waals surface area contributed by atoms with Crippen molar-refractivity contribution in [2.45, 2.75) is 96.1 Å². The summed E-state index contributed by atoms with van der Waals surface area (Å²) < 4.78 is 29.4. The Labute approximate surface area is 368 Å². The Morgan fingerprint density at radius 3 is 2.46 bits per heavy atom. The van der Waals surface area contributed by atoms with Crippen molar-refractivity contribution in [2.75, 3.05) is 55.0 Å². The van der Waals surface area contributed by atoms with Crippen molar-refractivity contribution in [3.8, 4) is 5.75 Å². The van der Waals surface area contributed by atoms with E-state index in [2.05, 4.69) is 30.7 Å². The maximum Gasteiger partial charge on any atom is 0.293 e. The summed E-state index contributed by atoms with van der Waals surface area (Å²) in [5.74, 6) is -0.886. The van der Waals surface area contributed by atoms with Crippen LogP contribution in [0.2, 0.25) is 5.02 Å². The van der Waals surface area contributed by atoms with Gasteiger partial charge in [0.05, 0.1) is 29.6 Å². The van der Waals surface area contributed by atoms with Crippen LogP contribution in [0.1, 0.15) is 87.2 Å². The molecular formula is C45H51ClFN9O7. The minimum Gasteiger partial charge on any atom is -0.478 e. The summed E-state index contributed by atoms with van der Waals surface area (Å²) >= 11 is 6.59. The zero-order valence-electron chi connectivity index (χ0n) is 35.5. The minimum absolute atomic E-state index is 0.0825. The van der Waals surface area contributed by atoms with E-state index in [-0.39, 0.29) is 84.3 Å². The smallest absolute Gasteiger partial charge is 0.293 e. The van der Waals surface area contributed by atoms with E-state index in [1.807, 2.05) is 32.0 Å². The first kappa shape index (κ1) is 42.5. The Morgan fingerprint density at radius 2 is 1.75 bits per heavy atom. The molecule has 16 nitrogen and oxygen atoms in total. The summed E-state index contributed by atoms with van der Waals surface area (Å²) in [7, 11) is 1.51. The number of fused-ring (bicyclic) bond motifs is 2. The first-order valence-electron chi connectivity index (χ1n) is 21.7. The second-order valence-corrected chi connectivity index (χ2v) is 18.2. The molecule has 4 fully saturated rings. The molecule has 0 radical (unpaired) electrons. The molecule has 3 saturated heterocycles. The lowest BCUT2D eigenvalue weighted by atomic mass is 9.67. The number of rotatable bonds is 11. The van der Waals surface area contributed by atoms with E-state index in [1.165, 1.54) is 18.0 Å². The summed E-state index contributed by atoms with van der Waals surface area (Å²) in [4.78, 5) is 77.3. The fourth-order valence-corrected chi connectivity index (χ4v) is 9.98. The zero-order chi connectivity index (χ0) is 44.2. The molecule has 4 amide bonds. The Kier molecular flexibility index (Phi) is 11.5. The van der Waals surface area contributed by atoms with Crippen molar-refractivity contribution >= 4 is 69.3 Å². The van der Waals surface area contributed by atoms with Crippen LogP contribution in [0.25, 0.3) is 10.9 Å². The monoisotopic (exact) mass is 883 g/mol. The molecule has 1 spiro atoms.